The van der Waals surface area contributed by atoms with Crippen LogP contribution in [0.15, 0.2) is 10.6 Å². The Kier molecular flexibility index (Phi) is 5.47. The van der Waals surface area contributed by atoms with Crippen molar-refractivity contribution < 1.29 is 14.1 Å². The van der Waals surface area contributed by atoms with Gasteiger partial charge in [-0.25, -0.2) is 0 Å². The lowest BCUT2D eigenvalue weighted by molar-refractivity contribution is -0.0241. The predicted molar refractivity (Wildman–Crippen MR) is 88.3 cm³/mol. The van der Waals surface area contributed by atoms with Gasteiger partial charge >= 0.3 is 0 Å². The van der Waals surface area contributed by atoms with Crippen molar-refractivity contribution in [3.63, 3.8) is 0 Å². The molecule has 0 bridgehead atoms. The Bertz CT molecular complexity index is 535. The number of rotatable bonds is 4. The highest BCUT2D eigenvalue weighted by Gasteiger charge is 2.29. The van der Waals surface area contributed by atoms with E-state index in [1.165, 1.54) is 0 Å². The van der Waals surface area contributed by atoms with Crippen LogP contribution in [0.25, 0.3) is 0 Å². The monoisotopic (exact) mass is 323 g/mol. The van der Waals surface area contributed by atoms with Crippen molar-refractivity contribution in [3.05, 3.63) is 17.5 Å². The third kappa shape index (κ3) is 4.78. The molecule has 1 aromatic heterocycles. The highest BCUT2D eigenvalue weighted by molar-refractivity contribution is 5.92. The van der Waals surface area contributed by atoms with Gasteiger partial charge in [0.05, 0.1) is 5.60 Å². The van der Waals surface area contributed by atoms with Gasteiger partial charge in [0, 0.05) is 31.7 Å². The molecule has 1 aromatic rings. The van der Waals surface area contributed by atoms with Crippen LogP contribution >= 0.6 is 0 Å². The van der Waals surface area contributed by atoms with Gasteiger partial charge in [0.1, 0.15) is 6.61 Å². The first-order chi connectivity index (χ1) is 10.7. The summed E-state index contributed by atoms with van der Waals surface area (Å²) in [7, 11) is 3.98. The molecule has 1 aliphatic rings. The molecule has 1 amide bonds. The number of carbonyl (C=O) groups excluding carboxylic acids is 1. The van der Waals surface area contributed by atoms with Gasteiger partial charge in [-0.2, -0.15) is 0 Å². The zero-order valence-electron chi connectivity index (χ0n) is 15.1. The average molecular weight is 323 g/mol. The zero-order valence-corrected chi connectivity index (χ0v) is 15.1. The summed E-state index contributed by atoms with van der Waals surface area (Å²) in [6.45, 7) is 9.45. The lowest BCUT2D eigenvalue weighted by atomic mass is 9.97. The maximum Gasteiger partial charge on any atom is 0.276 e. The third-order valence-electron chi connectivity index (χ3n) is 4.47. The maximum absolute atomic E-state index is 12.6. The number of nitrogens with zero attached hydrogens (tertiary/aromatic N) is 3. The van der Waals surface area contributed by atoms with Gasteiger partial charge in [0.25, 0.3) is 5.91 Å². The topological polar surface area (TPSA) is 58.8 Å². The summed E-state index contributed by atoms with van der Waals surface area (Å²) in [6.07, 6.45) is 1.97. The van der Waals surface area contributed by atoms with E-state index in [1.54, 1.807) is 11.0 Å². The lowest BCUT2D eigenvalue weighted by Gasteiger charge is -2.39. The van der Waals surface area contributed by atoms with Crippen molar-refractivity contribution in [1.82, 2.24) is 15.0 Å². The highest BCUT2D eigenvalue weighted by Crippen LogP contribution is 2.21. The van der Waals surface area contributed by atoms with Gasteiger partial charge < -0.3 is 19.1 Å². The van der Waals surface area contributed by atoms with Crippen LogP contribution in [0.5, 0.6) is 0 Å². The van der Waals surface area contributed by atoms with Crippen molar-refractivity contribution in [1.29, 1.82) is 0 Å². The Hall–Kier alpha value is -1.40. The summed E-state index contributed by atoms with van der Waals surface area (Å²) in [5, 5.41) is 3.91. The fraction of sp³-hybridized carbons (Fsp3) is 0.765. The smallest absolute Gasteiger partial charge is 0.276 e. The minimum Gasteiger partial charge on any atom is -0.368 e. The van der Waals surface area contributed by atoms with Gasteiger partial charge in [0.15, 0.2) is 11.5 Å². The van der Waals surface area contributed by atoms with Gasteiger partial charge in [-0.3, -0.25) is 4.79 Å². The first kappa shape index (κ1) is 17.9. The third-order valence-corrected chi connectivity index (χ3v) is 4.47. The van der Waals surface area contributed by atoms with E-state index in [4.69, 9.17) is 9.26 Å². The number of hydrogen-bond donors (Lipinski definition) is 0. The Morgan fingerprint density at radius 1 is 1.52 bits per heavy atom. The van der Waals surface area contributed by atoms with Crippen molar-refractivity contribution in [2.45, 2.75) is 64.8 Å². The second-order valence-electron chi connectivity index (χ2n) is 7.50. The summed E-state index contributed by atoms with van der Waals surface area (Å²) in [6, 6.07) is 2.42. The number of likely N-dealkylation sites (tertiary alicyclic amines) is 1. The van der Waals surface area contributed by atoms with Crippen LogP contribution in [0.2, 0.25) is 0 Å². The normalized spacial score (nSPS) is 23.0. The summed E-state index contributed by atoms with van der Waals surface area (Å²) in [4.78, 5) is 16.7. The molecule has 0 saturated carbocycles. The summed E-state index contributed by atoms with van der Waals surface area (Å²) in [5.74, 6) is 0.492. The maximum atomic E-state index is 12.6. The second-order valence-corrected chi connectivity index (χ2v) is 7.50. The van der Waals surface area contributed by atoms with Crippen LogP contribution in [-0.2, 0) is 11.3 Å². The number of ether oxygens (including phenoxy) is 1. The first-order valence-corrected chi connectivity index (χ1v) is 8.24. The SMILES string of the molecule is CC1CC(N(C)C(=O)c2cc(COC(C)(C)C)on2)CCN1C. The van der Waals surface area contributed by atoms with E-state index in [2.05, 4.69) is 24.0 Å². The summed E-state index contributed by atoms with van der Waals surface area (Å²) < 4.78 is 10.9. The van der Waals surface area contributed by atoms with E-state index in [-0.39, 0.29) is 17.6 Å². The van der Waals surface area contributed by atoms with E-state index >= 15 is 0 Å². The van der Waals surface area contributed by atoms with Crippen molar-refractivity contribution in [2.75, 3.05) is 20.6 Å². The molecule has 23 heavy (non-hydrogen) atoms. The molecule has 0 spiro atoms. The average Bonchev–Trinajstić information content (AvgIpc) is 2.95. The summed E-state index contributed by atoms with van der Waals surface area (Å²) in [5.41, 5.74) is 0.101. The molecule has 2 unspecified atom stereocenters. The second kappa shape index (κ2) is 7.01. The quantitative estimate of drug-likeness (QED) is 0.852. The molecule has 6 heteroatoms. The molecule has 1 fully saturated rings. The molecular weight excluding hydrogens is 294 g/mol. The van der Waals surface area contributed by atoms with Crippen LogP contribution in [-0.4, -0.2) is 59.2 Å². The zero-order chi connectivity index (χ0) is 17.2. The fourth-order valence-corrected chi connectivity index (χ4v) is 2.73. The van der Waals surface area contributed by atoms with E-state index in [0.29, 0.717) is 24.1 Å². The Morgan fingerprint density at radius 3 is 2.83 bits per heavy atom. The molecule has 2 heterocycles. The Balaban J connectivity index is 1.96. The van der Waals surface area contributed by atoms with E-state index in [0.717, 1.165) is 19.4 Å². The molecule has 0 radical (unpaired) electrons. The lowest BCUT2D eigenvalue weighted by Crippen LogP contribution is -2.48. The number of carbonyl (C=O) groups is 1. The van der Waals surface area contributed by atoms with Gasteiger partial charge in [-0.15, -0.1) is 0 Å². The molecule has 0 aliphatic carbocycles. The molecule has 6 nitrogen and oxygen atoms in total. The molecule has 1 aliphatic heterocycles. The molecule has 130 valence electrons. The van der Waals surface area contributed by atoms with Crippen LogP contribution in [0.4, 0.5) is 0 Å². The van der Waals surface area contributed by atoms with Crippen molar-refractivity contribution in [3.8, 4) is 0 Å². The molecule has 0 N–H and O–H groups in total. The molecule has 1 saturated heterocycles. The fourth-order valence-electron chi connectivity index (χ4n) is 2.73. The molecule has 2 atom stereocenters. The molecule has 2 rings (SSSR count). The van der Waals surface area contributed by atoms with Crippen molar-refractivity contribution in [2.24, 2.45) is 0 Å². The van der Waals surface area contributed by atoms with Crippen molar-refractivity contribution >= 4 is 5.91 Å². The first-order valence-electron chi connectivity index (χ1n) is 8.24. The Morgan fingerprint density at radius 2 is 2.22 bits per heavy atom. The predicted octanol–water partition coefficient (Wildman–Crippen LogP) is 2.54. The van der Waals surface area contributed by atoms with Gasteiger partial charge in [-0.1, -0.05) is 5.16 Å². The standard InChI is InChI=1S/C17H29N3O3/c1-12-9-13(7-8-19(12)5)20(6)16(21)15-10-14(23-18-15)11-22-17(2,3)4/h10,12-13H,7-9,11H2,1-6H3. The number of aromatic nitrogens is 1. The van der Waals surface area contributed by atoms with E-state index in [9.17, 15) is 4.79 Å². The summed E-state index contributed by atoms with van der Waals surface area (Å²) >= 11 is 0. The number of amides is 1. The van der Waals surface area contributed by atoms with Crippen LogP contribution < -0.4 is 0 Å². The number of piperidine rings is 1. The van der Waals surface area contributed by atoms with E-state index < -0.39 is 0 Å². The van der Waals surface area contributed by atoms with Gasteiger partial charge in [0.2, 0.25) is 0 Å². The van der Waals surface area contributed by atoms with Crippen LogP contribution in [0.3, 0.4) is 0 Å². The number of hydrogen-bond acceptors (Lipinski definition) is 5. The molecular formula is C17H29N3O3. The van der Waals surface area contributed by atoms with Crippen LogP contribution in [0, 0.1) is 0 Å². The minimum atomic E-state index is -0.252. The largest absolute Gasteiger partial charge is 0.368 e. The minimum absolute atomic E-state index is 0.0856. The highest BCUT2D eigenvalue weighted by atomic mass is 16.5. The van der Waals surface area contributed by atoms with E-state index in [1.807, 2.05) is 27.8 Å². The molecule has 0 aromatic carbocycles. The van der Waals surface area contributed by atoms with Gasteiger partial charge in [-0.05, 0) is 47.6 Å². The van der Waals surface area contributed by atoms with Crippen LogP contribution in [0.1, 0.15) is 56.8 Å². The Labute approximate surface area is 138 Å².